The zero-order valence-electron chi connectivity index (χ0n) is 22.3. The first kappa shape index (κ1) is 28.1. The molecule has 3 aliphatic rings. The molecule has 0 radical (unpaired) electrons. The summed E-state index contributed by atoms with van der Waals surface area (Å²) in [6, 6.07) is 29.1. The van der Waals surface area contributed by atoms with E-state index in [-0.39, 0.29) is 23.1 Å². The van der Waals surface area contributed by atoms with Gasteiger partial charge in [-0.05, 0) is 62.9 Å². The van der Waals surface area contributed by atoms with Crippen LogP contribution in [-0.2, 0) is 28.4 Å². The minimum Gasteiger partial charge on any atom is -0.473 e. The van der Waals surface area contributed by atoms with Crippen molar-refractivity contribution in [1.82, 2.24) is 0 Å². The Labute approximate surface area is 235 Å². The van der Waals surface area contributed by atoms with Gasteiger partial charge in [0.2, 0.25) is 5.90 Å². The van der Waals surface area contributed by atoms with Crippen LogP contribution in [-0.4, -0.2) is 17.6 Å². The molecule has 196 valence electrons. The fourth-order valence-corrected chi connectivity index (χ4v) is 9.34. The smallest absolute Gasteiger partial charge is 0.217 e. The van der Waals surface area contributed by atoms with Crippen LogP contribution < -0.4 is 10.6 Å². The summed E-state index contributed by atoms with van der Waals surface area (Å²) in [6.07, 6.45) is 11.3. The molecule has 0 saturated heterocycles. The quantitative estimate of drug-likeness (QED) is 0.233. The summed E-state index contributed by atoms with van der Waals surface area (Å²) in [5, 5.41) is 2.97. The molecule has 2 aliphatic carbocycles. The van der Waals surface area contributed by atoms with E-state index in [1.165, 1.54) is 78.7 Å². The van der Waals surface area contributed by atoms with Gasteiger partial charge in [-0.15, -0.1) is 0 Å². The van der Waals surface area contributed by atoms with Gasteiger partial charge in [-0.3, -0.25) is 0 Å². The first-order chi connectivity index (χ1) is 17.7. The van der Waals surface area contributed by atoms with E-state index < -0.39 is 7.92 Å². The third-order valence-electron chi connectivity index (χ3n) is 7.98. The second-order valence-electron chi connectivity index (χ2n) is 10.6. The molecular weight excluding hydrogens is 513 g/mol. The molecule has 0 spiro atoms. The van der Waals surface area contributed by atoms with E-state index in [9.17, 15) is 0 Å². The summed E-state index contributed by atoms with van der Waals surface area (Å²) in [5.74, 6) is 1.43. The molecule has 4 heteroatoms. The van der Waals surface area contributed by atoms with Crippen LogP contribution in [0.25, 0.3) is 0 Å². The van der Waals surface area contributed by atoms with Gasteiger partial charge in [0, 0.05) is 28.2 Å². The normalized spacial score (nSPS) is 22.1. The first-order valence-electron chi connectivity index (χ1n) is 13.9. The molecule has 1 aliphatic heterocycles. The molecule has 0 amide bonds. The molecule has 2 unspecified atom stereocenters. The predicted molar refractivity (Wildman–Crippen MR) is 155 cm³/mol. The van der Waals surface area contributed by atoms with Crippen molar-refractivity contribution in [3.8, 4) is 0 Å². The van der Waals surface area contributed by atoms with Crippen LogP contribution in [0.15, 0.2) is 83.9 Å². The molecular formula is C33H40FeNOP. The second-order valence-corrected chi connectivity index (χ2v) is 13.0. The number of hydrogen-bond donors (Lipinski definition) is 0. The van der Waals surface area contributed by atoms with E-state index in [0.29, 0.717) is 18.2 Å². The van der Waals surface area contributed by atoms with E-state index in [4.69, 9.17) is 9.73 Å². The van der Waals surface area contributed by atoms with E-state index in [0.717, 1.165) is 5.90 Å². The minimum atomic E-state index is -0.409. The van der Waals surface area contributed by atoms with Gasteiger partial charge in [0.15, 0.2) is 0 Å². The van der Waals surface area contributed by atoms with E-state index in [1.54, 1.807) is 0 Å². The Balaban J connectivity index is 0.000000479. The van der Waals surface area contributed by atoms with Gasteiger partial charge in [-0.25, -0.2) is 4.99 Å². The Morgan fingerprint density at radius 2 is 1.38 bits per heavy atom. The van der Waals surface area contributed by atoms with E-state index in [2.05, 4.69) is 92.7 Å². The third kappa shape index (κ3) is 6.94. The number of rotatable bonds is 5. The van der Waals surface area contributed by atoms with Gasteiger partial charge in [0.1, 0.15) is 6.61 Å². The summed E-state index contributed by atoms with van der Waals surface area (Å²) >= 11 is 0. The van der Waals surface area contributed by atoms with Gasteiger partial charge in [-0.1, -0.05) is 117 Å². The molecule has 0 bridgehead atoms. The van der Waals surface area contributed by atoms with E-state index in [1.807, 2.05) is 0 Å². The maximum absolute atomic E-state index is 6.03. The van der Waals surface area contributed by atoms with Crippen molar-refractivity contribution >= 4 is 24.4 Å². The number of benzene rings is 3. The average molecular weight is 554 g/mol. The van der Waals surface area contributed by atoms with Crippen molar-refractivity contribution in [2.75, 3.05) is 0 Å². The summed E-state index contributed by atoms with van der Waals surface area (Å²) in [4.78, 5) is 5.17. The number of ether oxygens (including phenoxy) is 1. The Morgan fingerprint density at radius 1 is 0.784 bits per heavy atom. The zero-order valence-corrected chi connectivity index (χ0v) is 24.3. The molecule has 2 nitrogen and oxygen atoms in total. The van der Waals surface area contributed by atoms with Gasteiger partial charge in [0.05, 0.1) is 6.04 Å². The Kier molecular flexibility index (Phi) is 10.4. The first-order valence-corrected chi connectivity index (χ1v) is 15.3. The van der Waals surface area contributed by atoms with Crippen LogP contribution in [0.2, 0.25) is 0 Å². The van der Waals surface area contributed by atoms with Crippen LogP contribution in [0, 0.1) is 12.8 Å². The molecule has 3 aromatic carbocycles. The average Bonchev–Trinajstić information content (AvgIpc) is 3.70. The van der Waals surface area contributed by atoms with Crippen LogP contribution >= 0.6 is 7.92 Å². The maximum atomic E-state index is 6.03. The SMILES string of the molecule is C1CCCC1.Cc1ccc2c(c1)C(=N[C@H](C)C1CCCC1P(c1ccccc1)c1ccccc1)OC2.[Fe]. The minimum absolute atomic E-state index is 0. The maximum Gasteiger partial charge on any atom is 0.217 e. The summed E-state index contributed by atoms with van der Waals surface area (Å²) in [5.41, 5.74) is 4.36. The molecule has 1 heterocycles. The van der Waals surface area contributed by atoms with E-state index >= 15 is 0 Å². The molecule has 3 aromatic rings. The van der Waals surface area contributed by atoms with Crippen molar-refractivity contribution in [3.63, 3.8) is 0 Å². The fraction of sp³-hybridized carbons (Fsp3) is 0.424. The van der Waals surface area contributed by atoms with Crippen molar-refractivity contribution in [2.24, 2.45) is 10.9 Å². The van der Waals surface area contributed by atoms with Gasteiger partial charge >= 0.3 is 0 Å². The Morgan fingerprint density at radius 3 is 1.97 bits per heavy atom. The van der Waals surface area contributed by atoms with Gasteiger partial charge < -0.3 is 4.74 Å². The van der Waals surface area contributed by atoms with Crippen LogP contribution in [0.5, 0.6) is 0 Å². The Hall–Kier alpha value is -1.92. The molecule has 0 aromatic heterocycles. The third-order valence-corrected chi connectivity index (χ3v) is 11.0. The predicted octanol–water partition coefficient (Wildman–Crippen LogP) is 7.91. The largest absolute Gasteiger partial charge is 0.473 e. The molecule has 3 atom stereocenters. The number of hydrogen-bond acceptors (Lipinski definition) is 2. The molecule has 6 rings (SSSR count). The standard InChI is InChI=1S/C28H30NOP.C5H10.Fe/c1-20-16-17-22-19-30-28(26(22)18-20)29-21(2)25-14-9-15-27(25)31(23-10-5-3-6-11-23)24-12-7-4-8-13-24;1-2-4-5-3-1;/h3-8,10-13,16-18,21,25,27H,9,14-15,19H2,1-2H3;1-5H2;/t21-,25?,27?;;/m1../s1. The molecule has 37 heavy (non-hydrogen) atoms. The zero-order chi connectivity index (χ0) is 24.7. The number of aliphatic imine (C=N–C) groups is 1. The fourth-order valence-electron chi connectivity index (χ4n) is 6.07. The second kappa shape index (κ2) is 13.7. The number of aryl methyl sites for hydroxylation is 1. The van der Waals surface area contributed by atoms with Crippen LogP contribution in [0.1, 0.15) is 75.0 Å². The molecule has 2 fully saturated rings. The summed E-state index contributed by atoms with van der Waals surface area (Å²) in [7, 11) is -0.409. The van der Waals surface area contributed by atoms with Crippen molar-refractivity contribution < 1.29 is 21.8 Å². The molecule has 0 N–H and O–H groups in total. The summed E-state index contributed by atoms with van der Waals surface area (Å²) < 4.78 is 6.03. The van der Waals surface area contributed by atoms with Crippen molar-refractivity contribution in [3.05, 3.63) is 95.6 Å². The topological polar surface area (TPSA) is 21.6 Å². The van der Waals surface area contributed by atoms with Gasteiger partial charge in [0.25, 0.3) is 0 Å². The van der Waals surface area contributed by atoms with Gasteiger partial charge in [-0.2, -0.15) is 0 Å². The Bertz CT molecular complexity index is 1100. The van der Waals surface area contributed by atoms with Crippen LogP contribution in [0.3, 0.4) is 0 Å². The van der Waals surface area contributed by atoms with Crippen molar-refractivity contribution in [1.29, 1.82) is 0 Å². The summed E-state index contributed by atoms with van der Waals surface area (Å²) in [6.45, 7) is 5.09. The molecule has 2 saturated carbocycles. The monoisotopic (exact) mass is 553 g/mol. The van der Waals surface area contributed by atoms with Crippen molar-refractivity contribution in [2.45, 2.75) is 83.5 Å². The van der Waals surface area contributed by atoms with Crippen LogP contribution in [0.4, 0.5) is 0 Å². The number of nitrogens with zero attached hydrogens (tertiary/aromatic N) is 1. The number of fused-ring (bicyclic) bond motifs is 1.